The molecule has 1 fully saturated rings. The van der Waals surface area contributed by atoms with Gasteiger partial charge in [-0.15, -0.1) is 0 Å². The van der Waals surface area contributed by atoms with Crippen molar-refractivity contribution >= 4 is 15.9 Å². The summed E-state index contributed by atoms with van der Waals surface area (Å²) in [5.41, 5.74) is -1.50. The lowest BCUT2D eigenvalue weighted by molar-refractivity contribution is -0.188. The summed E-state index contributed by atoms with van der Waals surface area (Å²) in [5.74, 6) is 0. The molecule has 0 bridgehead atoms. The third-order valence-electron chi connectivity index (χ3n) is 3.39. The summed E-state index contributed by atoms with van der Waals surface area (Å²) in [5, 5.41) is 2.92. The third-order valence-corrected chi connectivity index (χ3v) is 3.85. The Morgan fingerprint density at radius 2 is 1.59 bits per heavy atom. The number of rotatable bonds is 2. The van der Waals surface area contributed by atoms with Gasteiger partial charge in [0.2, 0.25) is 0 Å². The lowest BCUT2D eigenvalue weighted by Gasteiger charge is -2.36. The molecule has 0 radical (unpaired) electrons. The van der Waals surface area contributed by atoms with Gasteiger partial charge in [-0.2, -0.15) is 26.3 Å². The van der Waals surface area contributed by atoms with Gasteiger partial charge < -0.3 is 5.32 Å². The van der Waals surface area contributed by atoms with Gasteiger partial charge in [0.05, 0.1) is 5.56 Å². The Hall–Kier alpha value is -0.800. The number of hydrogen-bond donors (Lipinski definition) is 1. The minimum Gasteiger partial charge on any atom is -0.314 e. The molecule has 22 heavy (non-hydrogen) atoms. The summed E-state index contributed by atoms with van der Waals surface area (Å²) in [4.78, 5) is 1.15. The molecule has 1 aliphatic heterocycles. The number of nitrogens with zero attached hydrogens (tertiary/aromatic N) is 1. The molecule has 0 amide bonds. The average molecular weight is 391 g/mol. The molecule has 0 unspecified atom stereocenters. The van der Waals surface area contributed by atoms with Gasteiger partial charge in [-0.05, 0) is 23.8 Å². The molecule has 1 atom stereocenters. The molecule has 0 aromatic heterocycles. The van der Waals surface area contributed by atoms with Crippen molar-refractivity contribution in [2.75, 3.05) is 26.2 Å². The van der Waals surface area contributed by atoms with Gasteiger partial charge in [0, 0.05) is 30.7 Å². The highest BCUT2D eigenvalue weighted by Crippen LogP contribution is 2.41. The van der Waals surface area contributed by atoms with Gasteiger partial charge in [0.1, 0.15) is 6.04 Å². The van der Waals surface area contributed by atoms with Crippen molar-refractivity contribution in [1.82, 2.24) is 10.2 Å². The standard InChI is InChI=1S/C13H13BrF6N2/c14-10-6-8(5-9(7-10)12(15,16)17)11(13(18,19)20)22-3-1-21-2-4-22/h5-7,11,21H,1-4H2/t11-/m1/s1. The summed E-state index contributed by atoms with van der Waals surface area (Å²) < 4.78 is 78.6. The highest BCUT2D eigenvalue weighted by Gasteiger charge is 2.45. The van der Waals surface area contributed by atoms with Crippen LogP contribution in [0.4, 0.5) is 26.3 Å². The lowest BCUT2D eigenvalue weighted by atomic mass is 10.0. The SMILES string of the molecule is FC(F)(F)c1cc(Br)cc([C@@H](N2CCNCC2)C(F)(F)F)c1. The molecular formula is C13H13BrF6N2. The van der Waals surface area contributed by atoms with Crippen LogP contribution in [-0.2, 0) is 6.18 Å². The van der Waals surface area contributed by atoms with Gasteiger partial charge in [0.15, 0.2) is 0 Å². The third kappa shape index (κ3) is 4.14. The molecule has 2 nitrogen and oxygen atoms in total. The first-order chi connectivity index (χ1) is 10.1. The first kappa shape index (κ1) is 17.6. The largest absolute Gasteiger partial charge is 0.416 e. The van der Waals surface area contributed by atoms with E-state index in [4.69, 9.17) is 0 Å². The van der Waals surface area contributed by atoms with E-state index in [0.717, 1.165) is 17.0 Å². The van der Waals surface area contributed by atoms with E-state index >= 15 is 0 Å². The number of alkyl halides is 6. The first-order valence-electron chi connectivity index (χ1n) is 6.48. The van der Waals surface area contributed by atoms with Gasteiger partial charge in [-0.3, -0.25) is 4.90 Å². The Bertz CT molecular complexity index is 522. The molecule has 1 aromatic carbocycles. The Morgan fingerprint density at radius 3 is 2.09 bits per heavy atom. The molecule has 1 aliphatic rings. The van der Waals surface area contributed by atoms with Gasteiger partial charge in [-0.1, -0.05) is 15.9 Å². The van der Waals surface area contributed by atoms with E-state index in [1.165, 1.54) is 0 Å². The highest BCUT2D eigenvalue weighted by molar-refractivity contribution is 9.10. The number of benzene rings is 1. The first-order valence-corrected chi connectivity index (χ1v) is 7.27. The molecule has 0 aliphatic carbocycles. The van der Waals surface area contributed by atoms with Gasteiger partial charge in [0.25, 0.3) is 0 Å². The molecular weight excluding hydrogens is 378 g/mol. The number of piperazine rings is 1. The average Bonchev–Trinajstić information content (AvgIpc) is 2.36. The Kier molecular flexibility index (Phi) is 5.08. The predicted octanol–water partition coefficient (Wildman–Crippen LogP) is 3.98. The maximum atomic E-state index is 13.4. The number of nitrogens with one attached hydrogen (secondary N) is 1. The summed E-state index contributed by atoms with van der Waals surface area (Å²) >= 11 is 2.87. The summed E-state index contributed by atoms with van der Waals surface area (Å²) in [7, 11) is 0. The minimum absolute atomic E-state index is 0.0262. The lowest BCUT2D eigenvalue weighted by Crippen LogP contribution is -2.49. The number of halogens is 7. The van der Waals surface area contributed by atoms with Crippen molar-refractivity contribution in [2.24, 2.45) is 0 Å². The van der Waals surface area contributed by atoms with E-state index in [1.807, 2.05) is 0 Å². The fourth-order valence-corrected chi connectivity index (χ4v) is 2.99. The Labute approximate surface area is 131 Å². The zero-order valence-electron chi connectivity index (χ0n) is 11.2. The summed E-state index contributed by atoms with van der Waals surface area (Å²) in [6.07, 6.45) is -9.35. The molecule has 9 heteroatoms. The van der Waals surface area contributed by atoms with Crippen molar-refractivity contribution < 1.29 is 26.3 Å². The van der Waals surface area contributed by atoms with Gasteiger partial charge in [-0.25, -0.2) is 0 Å². The van der Waals surface area contributed by atoms with E-state index in [0.29, 0.717) is 19.2 Å². The van der Waals surface area contributed by atoms with Crippen molar-refractivity contribution in [1.29, 1.82) is 0 Å². The molecule has 0 saturated carbocycles. The quantitative estimate of drug-likeness (QED) is 0.768. The van der Waals surface area contributed by atoms with Crippen LogP contribution in [-0.4, -0.2) is 37.3 Å². The molecule has 1 heterocycles. The highest BCUT2D eigenvalue weighted by atomic mass is 79.9. The molecule has 1 saturated heterocycles. The number of hydrogen-bond acceptors (Lipinski definition) is 2. The topological polar surface area (TPSA) is 15.3 Å². The van der Waals surface area contributed by atoms with Crippen molar-refractivity contribution in [3.05, 3.63) is 33.8 Å². The van der Waals surface area contributed by atoms with Crippen LogP contribution in [0.15, 0.2) is 22.7 Å². The molecule has 1 aromatic rings. The predicted molar refractivity (Wildman–Crippen MR) is 72.4 cm³/mol. The second kappa shape index (κ2) is 6.37. The normalized spacial score (nSPS) is 19.2. The van der Waals surface area contributed by atoms with E-state index < -0.39 is 29.5 Å². The maximum absolute atomic E-state index is 13.4. The second-order valence-electron chi connectivity index (χ2n) is 5.00. The minimum atomic E-state index is -4.70. The Morgan fingerprint density at radius 1 is 1.00 bits per heavy atom. The van der Waals surface area contributed by atoms with Crippen LogP contribution in [0.2, 0.25) is 0 Å². The van der Waals surface area contributed by atoms with E-state index in [1.54, 1.807) is 0 Å². The summed E-state index contributed by atoms with van der Waals surface area (Å²) in [6.45, 7) is 0.982. The smallest absolute Gasteiger partial charge is 0.314 e. The van der Waals surface area contributed by atoms with Crippen molar-refractivity contribution in [2.45, 2.75) is 18.4 Å². The zero-order valence-corrected chi connectivity index (χ0v) is 12.8. The van der Waals surface area contributed by atoms with Gasteiger partial charge >= 0.3 is 12.4 Å². The van der Waals surface area contributed by atoms with Crippen LogP contribution in [0.25, 0.3) is 0 Å². The molecule has 124 valence electrons. The second-order valence-corrected chi connectivity index (χ2v) is 5.92. The van der Waals surface area contributed by atoms with E-state index in [-0.39, 0.29) is 17.6 Å². The monoisotopic (exact) mass is 390 g/mol. The van der Waals surface area contributed by atoms with Crippen LogP contribution in [0, 0.1) is 0 Å². The van der Waals surface area contributed by atoms with E-state index in [9.17, 15) is 26.3 Å². The van der Waals surface area contributed by atoms with Crippen LogP contribution in [0.1, 0.15) is 17.2 Å². The van der Waals surface area contributed by atoms with E-state index in [2.05, 4.69) is 21.2 Å². The maximum Gasteiger partial charge on any atom is 0.416 e. The fraction of sp³-hybridized carbons (Fsp3) is 0.538. The molecule has 0 spiro atoms. The molecule has 1 N–H and O–H groups in total. The van der Waals surface area contributed by atoms with Crippen molar-refractivity contribution in [3.63, 3.8) is 0 Å². The Balaban J connectivity index is 2.45. The van der Waals surface area contributed by atoms with Crippen LogP contribution in [0.5, 0.6) is 0 Å². The zero-order chi connectivity index (χ0) is 16.5. The van der Waals surface area contributed by atoms with Crippen molar-refractivity contribution in [3.8, 4) is 0 Å². The fourth-order valence-electron chi connectivity index (χ4n) is 2.48. The summed E-state index contributed by atoms with van der Waals surface area (Å²) in [6, 6.07) is 0.392. The van der Waals surface area contributed by atoms with Crippen LogP contribution in [0.3, 0.4) is 0 Å². The van der Waals surface area contributed by atoms with Crippen LogP contribution >= 0.6 is 15.9 Å². The van der Waals surface area contributed by atoms with Crippen LogP contribution < -0.4 is 5.32 Å². The molecule has 2 rings (SSSR count).